The Labute approximate surface area is 109 Å². The van der Waals surface area contributed by atoms with Crippen molar-refractivity contribution < 1.29 is 19.4 Å². The summed E-state index contributed by atoms with van der Waals surface area (Å²) in [5, 5.41) is 16.5. The van der Waals surface area contributed by atoms with Crippen LogP contribution in [0.1, 0.15) is 6.92 Å². The molecule has 1 fully saturated rings. The third-order valence-corrected chi connectivity index (χ3v) is 3.20. The van der Waals surface area contributed by atoms with Crippen LogP contribution in [-0.2, 0) is 20.9 Å². The van der Waals surface area contributed by atoms with Crippen molar-refractivity contribution >= 4 is 11.9 Å². The summed E-state index contributed by atoms with van der Waals surface area (Å²) in [5.41, 5.74) is 0. The van der Waals surface area contributed by atoms with Crippen LogP contribution in [-0.4, -0.2) is 62.7 Å². The molecule has 2 heterocycles. The summed E-state index contributed by atoms with van der Waals surface area (Å²) in [7, 11) is 0. The molecule has 0 aliphatic carbocycles. The number of ether oxygens (including phenoxy) is 1. The van der Waals surface area contributed by atoms with E-state index in [1.165, 1.54) is 15.8 Å². The predicted molar refractivity (Wildman–Crippen MR) is 63.1 cm³/mol. The van der Waals surface area contributed by atoms with Crippen LogP contribution in [0.5, 0.6) is 0 Å². The number of carboxylic acids is 1. The van der Waals surface area contributed by atoms with Gasteiger partial charge in [-0.15, -0.1) is 5.10 Å². The lowest BCUT2D eigenvalue weighted by atomic mass is 10.0. The molecule has 1 N–H and O–H groups in total. The van der Waals surface area contributed by atoms with Crippen LogP contribution < -0.4 is 0 Å². The van der Waals surface area contributed by atoms with Crippen LogP contribution in [0.4, 0.5) is 0 Å². The van der Waals surface area contributed by atoms with Crippen molar-refractivity contribution in [3.63, 3.8) is 0 Å². The number of amides is 1. The van der Waals surface area contributed by atoms with E-state index >= 15 is 0 Å². The molecule has 0 radical (unpaired) electrons. The molecule has 0 spiro atoms. The Morgan fingerprint density at radius 1 is 1.53 bits per heavy atom. The smallest absolute Gasteiger partial charge is 0.311 e. The number of rotatable bonds is 5. The van der Waals surface area contributed by atoms with Crippen molar-refractivity contribution in [1.82, 2.24) is 19.9 Å². The Morgan fingerprint density at radius 2 is 2.32 bits per heavy atom. The Kier molecular flexibility index (Phi) is 4.10. The highest BCUT2D eigenvalue weighted by Gasteiger charge is 2.39. The minimum Gasteiger partial charge on any atom is -0.481 e. The summed E-state index contributed by atoms with van der Waals surface area (Å²) in [5.74, 6) is -1.79. The number of likely N-dealkylation sites (N-methyl/N-ethyl adjacent to an activating group) is 1. The number of carbonyl (C=O) groups excluding carboxylic acids is 1. The van der Waals surface area contributed by atoms with E-state index in [1.54, 1.807) is 6.20 Å². The Hall–Kier alpha value is -1.96. The van der Waals surface area contributed by atoms with Gasteiger partial charge in [0.25, 0.3) is 0 Å². The summed E-state index contributed by atoms with van der Waals surface area (Å²) in [4.78, 5) is 24.8. The zero-order valence-corrected chi connectivity index (χ0v) is 10.6. The highest BCUT2D eigenvalue weighted by atomic mass is 16.5. The molecule has 8 heteroatoms. The van der Waals surface area contributed by atoms with Gasteiger partial charge in [0.15, 0.2) is 0 Å². The number of hydrogen-bond donors (Lipinski definition) is 1. The van der Waals surface area contributed by atoms with Crippen molar-refractivity contribution in [3.05, 3.63) is 12.4 Å². The average Bonchev–Trinajstić information content (AvgIpc) is 3.00. The maximum absolute atomic E-state index is 12.2. The molecule has 1 aromatic rings. The van der Waals surface area contributed by atoms with Crippen LogP contribution >= 0.6 is 0 Å². The highest BCUT2D eigenvalue weighted by Crippen LogP contribution is 2.20. The second kappa shape index (κ2) is 5.79. The van der Waals surface area contributed by atoms with Crippen LogP contribution in [0, 0.1) is 5.92 Å². The van der Waals surface area contributed by atoms with Crippen LogP contribution in [0.3, 0.4) is 0 Å². The Bertz CT molecular complexity index is 448. The molecule has 1 aliphatic heterocycles. The first-order valence-electron chi connectivity index (χ1n) is 6.07. The molecule has 0 bridgehead atoms. The van der Waals surface area contributed by atoms with Gasteiger partial charge in [-0.05, 0) is 6.92 Å². The standard InChI is InChI=1S/C11H16N4O4/c1-2-15(9-7-19-6-8(9)11(17)18)10(16)5-14-4-3-12-13-14/h3-4,8-9H,2,5-7H2,1H3,(H,17,18). The van der Waals surface area contributed by atoms with E-state index < -0.39 is 17.9 Å². The molecule has 1 aromatic heterocycles. The highest BCUT2D eigenvalue weighted by molar-refractivity contribution is 5.78. The molecular weight excluding hydrogens is 252 g/mol. The van der Waals surface area contributed by atoms with Crippen LogP contribution in [0.25, 0.3) is 0 Å². The van der Waals surface area contributed by atoms with Gasteiger partial charge in [-0.1, -0.05) is 5.21 Å². The van der Waals surface area contributed by atoms with Gasteiger partial charge in [0.1, 0.15) is 12.5 Å². The normalized spacial score (nSPS) is 22.4. The fraction of sp³-hybridized carbons (Fsp3) is 0.636. The molecule has 0 aromatic carbocycles. The topological polar surface area (TPSA) is 97.5 Å². The average molecular weight is 268 g/mol. The first-order valence-corrected chi connectivity index (χ1v) is 6.07. The van der Waals surface area contributed by atoms with Crippen molar-refractivity contribution in [2.24, 2.45) is 5.92 Å². The molecule has 2 atom stereocenters. The minimum absolute atomic E-state index is 0.0523. The SMILES string of the molecule is CCN(C(=O)Cn1ccnn1)C1COCC1C(=O)O. The van der Waals surface area contributed by atoms with Crippen molar-refractivity contribution in [2.75, 3.05) is 19.8 Å². The van der Waals surface area contributed by atoms with E-state index in [4.69, 9.17) is 9.84 Å². The second-order valence-electron chi connectivity index (χ2n) is 4.33. The third-order valence-electron chi connectivity index (χ3n) is 3.20. The lowest BCUT2D eigenvalue weighted by Crippen LogP contribution is -2.47. The largest absolute Gasteiger partial charge is 0.481 e. The number of carboxylic acid groups (broad SMARTS) is 1. The second-order valence-corrected chi connectivity index (χ2v) is 4.33. The zero-order valence-electron chi connectivity index (χ0n) is 10.6. The van der Waals surface area contributed by atoms with Crippen molar-refractivity contribution in [1.29, 1.82) is 0 Å². The first kappa shape index (κ1) is 13.5. The van der Waals surface area contributed by atoms with E-state index in [0.717, 1.165) is 0 Å². The molecule has 1 aliphatic rings. The number of nitrogens with zero attached hydrogens (tertiary/aromatic N) is 4. The summed E-state index contributed by atoms with van der Waals surface area (Å²) < 4.78 is 6.60. The number of carbonyl (C=O) groups is 2. The van der Waals surface area contributed by atoms with E-state index in [-0.39, 0.29) is 25.7 Å². The third kappa shape index (κ3) is 2.90. The Morgan fingerprint density at radius 3 is 2.89 bits per heavy atom. The number of aliphatic carboxylic acids is 1. The summed E-state index contributed by atoms with van der Waals surface area (Å²) in [6, 6.07) is -0.418. The minimum atomic E-state index is -0.936. The summed E-state index contributed by atoms with van der Waals surface area (Å²) in [6.45, 7) is 2.71. The van der Waals surface area contributed by atoms with E-state index in [2.05, 4.69) is 10.3 Å². The molecule has 2 rings (SSSR count). The van der Waals surface area contributed by atoms with E-state index in [0.29, 0.717) is 6.54 Å². The van der Waals surface area contributed by atoms with Crippen LogP contribution in [0.2, 0.25) is 0 Å². The lowest BCUT2D eigenvalue weighted by Gasteiger charge is -2.29. The molecular formula is C11H16N4O4. The maximum Gasteiger partial charge on any atom is 0.311 e. The molecule has 104 valence electrons. The van der Waals surface area contributed by atoms with E-state index in [1.807, 2.05) is 6.92 Å². The lowest BCUT2D eigenvalue weighted by molar-refractivity contribution is -0.145. The van der Waals surface area contributed by atoms with Gasteiger partial charge in [-0.25, -0.2) is 4.68 Å². The van der Waals surface area contributed by atoms with Gasteiger partial charge in [-0.2, -0.15) is 0 Å². The molecule has 2 unspecified atom stereocenters. The maximum atomic E-state index is 12.2. The Balaban J connectivity index is 2.06. The molecule has 19 heavy (non-hydrogen) atoms. The first-order chi connectivity index (χ1) is 9.13. The van der Waals surface area contributed by atoms with E-state index in [9.17, 15) is 9.59 Å². The summed E-state index contributed by atoms with van der Waals surface area (Å²) in [6.07, 6.45) is 3.08. The number of aromatic nitrogens is 3. The molecule has 0 saturated carbocycles. The van der Waals surface area contributed by atoms with Gasteiger partial charge in [0, 0.05) is 12.7 Å². The molecule has 1 amide bonds. The molecule has 8 nitrogen and oxygen atoms in total. The van der Waals surface area contributed by atoms with Crippen molar-refractivity contribution in [2.45, 2.75) is 19.5 Å². The zero-order chi connectivity index (χ0) is 13.8. The molecule has 1 saturated heterocycles. The fourth-order valence-corrected chi connectivity index (χ4v) is 2.23. The van der Waals surface area contributed by atoms with Gasteiger partial charge in [-0.3, -0.25) is 9.59 Å². The summed E-state index contributed by atoms with van der Waals surface area (Å²) >= 11 is 0. The van der Waals surface area contributed by atoms with Gasteiger partial charge in [0.2, 0.25) is 5.91 Å². The van der Waals surface area contributed by atoms with Crippen molar-refractivity contribution in [3.8, 4) is 0 Å². The number of hydrogen-bond acceptors (Lipinski definition) is 5. The van der Waals surface area contributed by atoms with Gasteiger partial charge < -0.3 is 14.7 Å². The predicted octanol–water partition coefficient (Wildman–Crippen LogP) is -0.774. The fourth-order valence-electron chi connectivity index (χ4n) is 2.23. The monoisotopic (exact) mass is 268 g/mol. The van der Waals surface area contributed by atoms with Gasteiger partial charge >= 0.3 is 5.97 Å². The quantitative estimate of drug-likeness (QED) is 0.752. The van der Waals surface area contributed by atoms with Crippen LogP contribution in [0.15, 0.2) is 12.4 Å². The van der Waals surface area contributed by atoms with Gasteiger partial charge in [0.05, 0.1) is 25.5 Å².